The average molecular weight is 403 g/mol. The first kappa shape index (κ1) is 22.7. The smallest absolute Gasteiger partial charge is 0.364 e. The summed E-state index contributed by atoms with van der Waals surface area (Å²) in [6.45, 7) is 6.31. The molecule has 11 heteroatoms. The van der Waals surface area contributed by atoms with Crippen molar-refractivity contribution in [2.75, 3.05) is 6.61 Å². The molecule has 1 aliphatic heterocycles. The summed E-state index contributed by atoms with van der Waals surface area (Å²) in [6, 6.07) is 0. The van der Waals surface area contributed by atoms with E-state index < -0.39 is 48.7 Å². The maximum atomic E-state index is 11.9. The first-order valence-electron chi connectivity index (χ1n) is 9.03. The Bertz CT molecular complexity index is 676. The molecule has 0 saturated carbocycles. The van der Waals surface area contributed by atoms with Crippen molar-refractivity contribution in [1.29, 1.82) is 0 Å². The topological polar surface area (TPSA) is 167 Å². The molecular formula is C17H29N3O8. The van der Waals surface area contributed by atoms with Gasteiger partial charge in [-0.05, 0) is 20.8 Å². The van der Waals surface area contributed by atoms with Gasteiger partial charge >= 0.3 is 5.97 Å². The largest absolute Gasteiger partial charge is 0.477 e. The molecule has 6 atom stereocenters. The fourth-order valence-corrected chi connectivity index (χ4v) is 2.94. The van der Waals surface area contributed by atoms with Gasteiger partial charge in [0, 0.05) is 12.3 Å². The molecule has 1 aliphatic rings. The van der Waals surface area contributed by atoms with Crippen molar-refractivity contribution in [3.8, 4) is 0 Å². The van der Waals surface area contributed by atoms with E-state index in [1.807, 2.05) is 20.8 Å². The normalized spacial score (nSPS) is 30.8. The molecule has 0 aliphatic carbocycles. The Hall–Kier alpha value is -1.63. The van der Waals surface area contributed by atoms with Crippen LogP contribution in [-0.4, -0.2) is 83.3 Å². The second kappa shape index (κ2) is 8.39. The highest BCUT2D eigenvalue weighted by Crippen LogP contribution is 2.36. The molecule has 0 bridgehead atoms. The van der Waals surface area contributed by atoms with Crippen LogP contribution in [-0.2, 0) is 26.4 Å². The molecule has 0 amide bonds. The Morgan fingerprint density at radius 1 is 1.46 bits per heavy atom. The van der Waals surface area contributed by atoms with Gasteiger partial charge in [-0.15, -0.1) is 5.10 Å². The SMILES string of the molecule is C[C@H]1C([C@H](O)[C@H](O)CO)O[C@@](OCc2cn(C(C)(C)C)nn2)(C(=O)O)C[C@H]1O. The summed E-state index contributed by atoms with van der Waals surface area (Å²) in [4.78, 5) is 11.9. The summed E-state index contributed by atoms with van der Waals surface area (Å²) in [5, 5.41) is 56.9. The molecule has 28 heavy (non-hydrogen) atoms. The van der Waals surface area contributed by atoms with Crippen LogP contribution in [0, 0.1) is 5.92 Å². The molecule has 0 radical (unpaired) electrons. The maximum Gasteiger partial charge on any atom is 0.364 e. The van der Waals surface area contributed by atoms with Crippen molar-refractivity contribution in [2.45, 2.75) is 76.5 Å². The van der Waals surface area contributed by atoms with Crippen LogP contribution in [0.15, 0.2) is 6.20 Å². The third kappa shape index (κ3) is 4.67. The van der Waals surface area contributed by atoms with E-state index in [1.165, 1.54) is 0 Å². The van der Waals surface area contributed by atoms with Gasteiger partial charge < -0.3 is 35.0 Å². The number of aliphatic hydroxyl groups excluding tert-OH is 4. The van der Waals surface area contributed by atoms with Crippen molar-refractivity contribution >= 4 is 5.97 Å². The lowest BCUT2D eigenvalue weighted by Crippen LogP contribution is -2.61. The number of aliphatic carboxylic acids is 1. The van der Waals surface area contributed by atoms with E-state index in [0.717, 1.165) is 0 Å². The number of ether oxygens (including phenoxy) is 2. The van der Waals surface area contributed by atoms with Crippen LogP contribution in [0.25, 0.3) is 0 Å². The number of carboxylic acid groups (broad SMARTS) is 1. The average Bonchev–Trinajstić information content (AvgIpc) is 3.10. The van der Waals surface area contributed by atoms with Gasteiger partial charge in [-0.25, -0.2) is 9.48 Å². The van der Waals surface area contributed by atoms with Crippen molar-refractivity contribution in [1.82, 2.24) is 15.0 Å². The third-order valence-corrected chi connectivity index (χ3v) is 4.85. The first-order valence-corrected chi connectivity index (χ1v) is 9.03. The predicted molar refractivity (Wildman–Crippen MR) is 93.9 cm³/mol. The van der Waals surface area contributed by atoms with Gasteiger partial charge in [0.1, 0.15) is 17.9 Å². The fourth-order valence-electron chi connectivity index (χ4n) is 2.94. The van der Waals surface area contributed by atoms with Crippen LogP contribution in [0.5, 0.6) is 0 Å². The lowest BCUT2D eigenvalue weighted by atomic mass is 9.84. The van der Waals surface area contributed by atoms with Gasteiger partial charge in [0.2, 0.25) is 0 Å². The molecule has 1 saturated heterocycles. The first-order chi connectivity index (χ1) is 12.9. The Morgan fingerprint density at radius 3 is 2.61 bits per heavy atom. The van der Waals surface area contributed by atoms with Crippen molar-refractivity contribution in [3.05, 3.63) is 11.9 Å². The van der Waals surface area contributed by atoms with E-state index >= 15 is 0 Å². The number of carboxylic acids is 1. The quantitative estimate of drug-likeness (QED) is 0.374. The molecular weight excluding hydrogens is 374 g/mol. The Labute approximate surface area is 162 Å². The second-order valence-corrected chi connectivity index (χ2v) is 8.13. The van der Waals surface area contributed by atoms with Crippen molar-refractivity contribution in [3.63, 3.8) is 0 Å². The lowest BCUT2D eigenvalue weighted by Gasteiger charge is -2.45. The maximum absolute atomic E-state index is 11.9. The minimum Gasteiger partial charge on any atom is -0.477 e. The van der Waals surface area contributed by atoms with Gasteiger partial charge in [0.15, 0.2) is 0 Å². The Morgan fingerprint density at radius 2 is 2.11 bits per heavy atom. The second-order valence-electron chi connectivity index (χ2n) is 8.13. The zero-order chi connectivity index (χ0) is 21.3. The summed E-state index contributed by atoms with van der Waals surface area (Å²) in [7, 11) is 0. The molecule has 1 fully saturated rings. The van der Waals surface area contributed by atoms with E-state index in [4.69, 9.17) is 14.6 Å². The monoisotopic (exact) mass is 403 g/mol. The van der Waals surface area contributed by atoms with Crippen LogP contribution in [0.1, 0.15) is 39.8 Å². The molecule has 0 spiro atoms. The molecule has 2 rings (SSSR count). The minimum atomic E-state index is -2.25. The van der Waals surface area contributed by atoms with Crippen molar-refractivity contribution < 1.29 is 39.8 Å². The van der Waals surface area contributed by atoms with Crippen molar-refractivity contribution in [2.24, 2.45) is 5.92 Å². The molecule has 0 aromatic carbocycles. The number of carbonyl (C=O) groups is 1. The summed E-state index contributed by atoms with van der Waals surface area (Å²) in [6.07, 6.45) is -4.39. The fraction of sp³-hybridized carbons (Fsp3) is 0.824. The summed E-state index contributed by atoms with van der Waals surface area (Å²) >= 11 is 0. The van der Waals surface area contributed by atoms with Crippen LogP contribution >= 0.6 is 0 Å². The zero-order valence-corrected chi connectivity index (χ0v) is 16.4. The Balaban J connectivity index is 2.21. The molecule has 2 heterocycles. The molecule has 1 aromatic heterocycles. The van der Waals surface area contributed by atoms with E-state index in [9.17, 15) is 25.2 Å². The molecule has 1 aromatic rings. The predicted octanol–water partition coefficient (Wildman–Crippen LogP) is -1.17. The van der Waals surface area contributed by atoms with Crippen LogP contribution in [0.3, 0.4) is 0 Å². The number of aromatic nitrogens is 3. The minimum absolute atomic E-state index is 0.255. The van der Waals surface area contributed by atoms with Gasteiger partial charge in [-0.1, -0.05) is 12.1 Å². The number of aliphatic hydroxyl groups is 4. The highest BCUT2D eigenvalue weighted by atomic mass is 16.7. The lowest BCUT2D eigenvalue weighted by molar-refractivity contribution is -0.321. The number of nitrogens with zero attached hydrogens (tertiary/aromatic N) is 3. The highest BCUT2D eigenvalue weighted by Gasteiger charge is 2.54. The summed E-state index contributed by atoms with van der Waals surface area (Å²) < 4.78 is 12.6. The molecule has 160 valence electrons. The summed E-state index contributed by atoms with van der Waals surface area (Å²) in [5.41, 5.74) is 0.0398. The van der Waals surface area contributed by atoms with Gasteiger partial charge in [0.25, 0.3) is 5.79 Å². The Kier molecular flexibility index (Phi) is 6.79. The van der Waals surface area contributed by atoms with E-state index in [2.05, 4.69) is 10.3 Å². The van der Waals surface area contributed by atoms with Crippen LogP contribution < -0.4 is 0 Å². The van der Waals surface area contributed by atoms with Gasteiger partial charge in [-0.3, -0.25) is 0 Å². The third-order valence-electron chi connectivity index (χ3n) is 4.85. The van der Waals surface area contributed by atoms with Gasteiger partial charge in [-0.2, -0.15) is 0 Å². The van der Waals surface area contributed by atoms with E-state index in [-0.39, 0.29) is 18.6 Å². The molecule has 11 nitrogen and oxygen atoms in total. The molecule has 1 unspecified atom stereocenters. The number of hydrogen-bond donors (Lipinski definition) is 5. The van der Waals surface area contributed by atoms with Crippen LogP contribution in [0.4, 0.5) is 0 Å². The van der Waals surface area contributed by atoms with E-state index in [0.29, 0.717) is 5.69 Å². The zero-order valence-electron chi connectivity index (χ0n) is 16.4. The van der Waals surface area contributed by atoms with E-state index in [1.54, 1.807) is 17.8 Å². The summed E-state index contributed by atoms with van der Waals surface area (Å²) in [5.74, 6) is -4.44. The van der Waals surface area contributed by atoms with Gasteiger partial charge in [0.05, 0.1) is 37.2 Å². The molecule has 5 N–H and O–H groups in total. The standard InChI is InChI=1S/C17H29N3O8/c1-9-11(22)5-17(15(25)26,28-14(9)13(24)12(23)7-21)27-8-10-6-20(19-18-10)16(2,3)4/h6,9,11-14,21-24H,5,7-8H2,1-4H3,(H,25,26)/t9-,11-,12-,13-,14?,17-/m1/s1. The highest BCUT2D eigenvalue weighted by molar-refractivity contribution is 5.76. The number of rotatable bonds is 7. The van der Waals surface area contributed by atoms with Crippen LogP contribution in [0.2, 0.25) is 0 Å². The number of hydrogen-bond acceptors (Lipinski definition) is 9.